The summed E-state index contributed by atoms with van der Waals surface area (Å²) in [6, 6.07) is 1.46. The zero-order valence-corrected chi connectivity index (χ0v) is 12.6. The number of aliphatic carboxylic acids is 1. The Morgan fingerprint density at radius 1 is 1.55 bits per heavy atom. The van der Waals surface area contributed by atoms with E-state index in [4.69, 9.17) is 5.11 Å². The maximum Gasteiger partial charge on any atom is 0.313 e. The molecule has 0 spiro atoms. The molecule has 0 saturated heterocycles. The first-order chi connectivity index (χ1) is 9.37. The van der Waals surface area contributed by atoms with E-state index in [9.17, 15) is 13.2 Å². The van der Waals surface area contributed by atoms with Crippen molar-refractivity contribution in [1.82, 2.24) is 14.8 Å². The van der Waals surface area contributed by atoms with Crippen LogP contribution in [0.15, 0.2) is 27.7 Å². The summed E-state index contributed by atoms with van der Waals surface area (Å²) in [5.41, 5.74) is 0. The van der Waals surface area contributed by atoms with Gasteiger partial charge in [-0.05, 0) is 6.07 Å². The third-order valence-corrected chi connectivity index (χ3v) is 5.47. The van der Waals surface area contributed by atoms with Crippen molar-refractivity contribution >= 4 is 44.2 Å². The van der Waals surface area contributed by atoms with E-state index >= 15 is 0 Å². The number of carboxylic acid groups (broad SMARTS) is 1. The Labute approximate surface area is 122 Å². The molecule has 2 N–H and O–H groups in total. The standard InChI is InChI=1S/C9H10N4O4S3/c1-13-3-2-6(4-13)20(16,17)12-8-10-11-9(19-8)18-5-7(14)15/h2-4H,5H2,1H3,(H,10,12)(H,14,15). The van der Waals surface area contributed by atoms with Gasteiger partial charge in [0.05, 0.1) is 5.75 Å². The minimum absolute atomic E-state index is 0.0988. The summed E-state index contributed by atoms with van der Waals surface area (Å²) < 4.78 is 28.3. The molecule has 0 radical (unpaired) electrons. The molecule has 8 nitrogen and oxygen atoms in total. The summed E-state index contributed by atoms with van der Waals surface area (Å²) >= 11 is 1.97. The van der Waals surface area contributed by atoms with Crippen molar-refractivity contribution in [2.75, 3.05) is 10.5 Å². The van der Waals surface area contributed by atoms with Crippen LogP contribution >= 0.6 is 23.1 Å². The Morgan fingerprint density at radius 2 is 2.30 bits per heavy atom. The average Bonchev–Trinajstić information content (AvgIpc) is 2.95. The van der Waals surface area contributed by atoms with Crippen molar-refractivity contribution < 1.29 is 18.3 Å². The number of nitrogens with one attached hydrogen (secondary N) is 1. The topological polar surface area (TPSA) is 114 Å². The summed E-state index contributed by atoms with van der Waals surface area (Å²) in [6.07, 6.45) is 3.08. The van der Waals surface area contributed by atoms with E-state index in [2.05, 4.69) is 14.9 Å². The molecule has 0 unspecified atom stereocenters. The fourth-order valence-corrected chi connectivity index (χ4v) is 4.00. The molecule has 0 amide bonds. The third kappa shape index (κ3) is 3.71. The second-order valence-corrected chi connectivity index (χ2v) is 7.56. The first kappa shape index (κ1) is 14.8. The van der Waals surface area contributed by atoms with E-state index in [1.165, 1.54) is 12.3 Å². The second kappa shape index (κ2) is 5.81. The lowest BCUT2D eigenvalue weighted by molar-refractivity contribution is -0.133. The van der Waals surface area contributed by atoms with Crippen LogP contribution in [0.1, 0.15) is 0 Å². The molecule has 2 aromatic heterocycles. The van der Waals surface area contributed by atoms with Crippen molar-refractivity contribution in [3.8, 4) is 0 Å². The van der Waals surface area contributed by atoms with Crippen molar-refractivity contribution in [1.29, 1.82) is 0 Å². The summed E-state index contributed by atoms with van der Waals surface area (Å²) in [6.45, 7) is 0. The van der Waals surface area contributed by atoms with Gasteiger partial charge < -0.3 is 9.67 Å². The van der Waals surface area contributed by atoms with Crippen molar-refractivity contribution in [3.63, 3.8) is 0 Å². The molecule has 20 heavy (non-hydrogen) atoms. The minimum atomic E-state index is -3.70. The number of aromatic nitrogens is 3. The molecule has 0 fully saturated rings. The van der Waals surface area contributed by atoms with Crippen molar-refractivity contribution in [3.05, 3.63) is 18.5 Å². The molecule has 0 saturated carbocycles. The number of sulfonamides is 1. The van der Waals surface area contributed by atoms with Gasteiger partial charge in [0.15, 0.2) is 4.34 Å². The van der Waals surface area contributed by atoms with E-state index in [1.54, 1.807) is 17.8 Å². The Bertz CT molecular complexity index is 721. The number of nitrogens with zero attached hydrogens (tertiary/aromatic N) is 3. The molecule has 0 aliphatic heterocycles. The normalized spacial score (nSPS) is 11.4. The summed E-state index contributed by atoms with van der Waals surface area (Å²) in [5.74, 6) is -1.13. The summed E-state index contributed by atoms with van der Waals surface area (Å²) in [5, 5.41) is 16.0. The largest absolute Gasteiger partial charge is 0.481 e. The molecule has 2 heterocycles. The third-order valence-electron chi connectivity index (χ3n) is 2.06. The van der Waals surface area contributed by atoms with Crippen LogP contribution in [0.5, 0.6) is 0 Å². The predicted octanol–water partition coefficient (Wildman–Crippen LogP) is 0.854. The highest BCUT2D eigenvalue weighted by Gasteiger charge is 2.18. The van der Waals surface area contributed by atoms with Gasteiger partial charge in [-0.15, -0.1) is 10.2 Å². The fraction of sp³-hybridized carbons (Fsp3) is 0.222. The Hall–Kier alpha value is -1.59. The van der Waals surface area contributed by atoms with Crippen LogP contribution in [0.3, 0.4) is 0 Å². The van der Waals surface area contributed by atoms with E-state index in [0.717, 1.165) is 23.1 Å². The van der Waals surface area contributed by atoms with Crippen LogP contribution in [0.25, 0.3) is 0 Å². The van der Waals surface area contributed by atoms with Gasteiger partial charge in [0, 0.05) is 19.4 Å². The number of thioether (sulfide) groups is 1. The van der Waals surface area contributed by atoms with Gasteiger partial charge in [-0.3, -0.25) is 9.52 Å². The molecule has 108 valence electrons. The van der Waals surface area contributed by atoms with Crippen LogP contribution in [0, 0.1) is 0 Å². The lowest BCUT2D eigenvalue weighted by Gasteiger charge is -2.01. The monoisotopic (exact) mass is 334 g/mol. The predicted molar refractivity (Wildman–Crippen MR) is 74.5 cm³/mol. The van der Waals surface area contributed by atoms with Gasteiger partial charge in [0.2, 0.25) is 5.13 Å². The van der Waals surface area contributed by atoms with E-state index in [-0.39, 0.29) is 15.8 Å². The van der Waals surface area contributed by atoms with Crippen LogP contribution in [-0.2, 0) is 21.9 Å². The van der Waals surface area contributed by atoms with Gasteiger partial charge in [0.25, 0.3) is 10.0 Å². The molecule has 0 aliphatic carbocycles. The highest BCUT2D eigenvalue weighted by molar-refractivity contribution is 8.01. The first-order valence-electron chi connectivity index (χ1n) is 5.20. The molecule has 2 rings (SSSR count). The van der Waals surface area contributed by atoms with Crippen LogP contribution in [0.2, 0.25) is 0 Å². The number of aryl methyl sites for hydroxylation is 1. The van der Waals surface area contributed by atoms with Crippen LogP contribution in [-0.4, -0.2) is 40.0 Å². The van der Waals surface area contributed by atoms with Gasteiger partial charge in [0.1, 0.15) is 4.90 Å². The number of anilines is 1. The Morgan fingerprint density at radius 3 is 2.90 bits per heavy atom. The van der Waals surface area contributed by atoms with Crippen LogP contribution < -0.4 is 4.72 Å². The molecule has 11 heteroatoms. The Balaban J connectivity index is 2.08. The second-order valence-electron chi connectivity index (χ2n) is 3.67. The first-order valence-corrected chi connectivity index (χ1v) is 8.48. The SMILES string of the molecule is Cn1ccc(S(=O)(=O)Nc2nnc(SCC(=O)O)s2)c1. The van der Waals surface area contributed by atoms with Gasteiger partial charge in [-0.1, -0.05) is 23.1 Å². The zero-order valence-electron chi connectivity index (χ0n) is 10.2. The fourth-order valence-electron chi connectivity index (χ4n) is 1.24. The molecule has 2 aromatic rings. The number of rotatable bonds is 6. The number of carboxylic acids is 1. The van der Waals surface area contributed by atoms with Crippen molar-refractivity contribution in [2.45, 2.75) is 9.24 Å². The highest BCUT2D eigenvalue weighted by atomic mass is 32.2. The van der Waals surface area contributed by atoms with Gasteiger partial charge in [-0.25, -0.2) is 8.42 Å². The number of carbonyl (C=O) groups is 1. The zero-order chi connectivity index (χ0) is 14.8. The van der Waals surface area contributed by atoms with Gasteiger partial charge in [-0.2, -0.15) is 0 Å². The molecular weight excluding hydrogens is 324 g/mol. The number of hydrogen-bond acceptors (Lipinski definition) is 7. The van der Waals surface area contributed by atoms with E-state index in [0.29, 0.717) is 4.34 Å². The lowest BCUT2D eigenvalue weighted by Crippen LogP contribution is -2.12. The average molecular weight is 334 g/mol. The summed E-state index contributed by atoms with van der Waals surface area (Å²) in [7, 11) is -1.99. The molecule has 0 aromatic carbocycles. The van der Waals surface area contributed by atoms with E-state index < -0.39 is 16.0 Å². The van der Waals surface area contributed by atoms with Crippen LogP contribution in [0.4, 0.5) is 5.13 Å². The number of hydrogen-bond donors (Lipinski definition) is 2. The maximum atomic E-state index is 12.0. The van der Waals surface area contributed by atoms with E-state index in [1.807, 2.05) is 0 Å². The Kier molecular flexibility index (Phi) is 4.30. The maximum absolute atomic E-state index is 12.0. The summed E-state index contributed by atoms with van der Waals surface area (Å²) in [4.78, 5) is 10.5. The lowest BCUT2D eigenvalue weighted by atomic mass is 10.7. The van der Waals surface area contributed by atoms with Gasteiger partial charge >= 0.3 is 5.97 Å². The highest BCUT2D eigenvalue weighted by Crippen LogP contribution is 2.26. The molecule has 0 aliphatic rings. The van der Waals surface area contributed by atoms with Crippen molar-refractivity contribution in [2.24, 2.45) is 7.05 Å². The molecular formula is C9H10N4O4S3. The quantitative estimate of drug-likeness (QED) is 0.753. The minimum Gasteiger partial charge on any atom is -0.481 e. The molecule has 0 atom stereocenters. The molecule has 0 bridgehead atoms. The smallest absolute Gasteiger partial charge is 0.313 e.